The highest BCUT2D eigenvalue weighted by atomic mass is 32.2. The van der Waals surface area contributed by atoms with Gasteiger partial charge >= 0.3 is 0 Å². The van der Waals surface area contributed by atoms with Crippen LogP contribution in [0.5, 0.6) is 0 Å². The quantitative estimate of drug-likeness (QED) is 0.856. The molecule has 1 aromatic rings. The summed E-state index contributed by atoms with van der Waals surface area (Å²) in [7, 11) is -3.41. The van der Waals surface area contributed by atoms with Gasteiger partial charge in [0, 0.05) is 25.8 Å². The molecule has 1 N–H and O–H groups in total. The van der Waals surface area contributed by atoms with Gasteiger partial charge in [-0.1, -0.05) is 18.2 Å². The fourth-order valence-electron chi connectivity index (χ4n) is 4.81. The van der Waals surface area contributed by atoms with E-state index in [2.05, 4.69) is 9.62 Å². The van der Waals surface area contributed by atoms with E-state index in [9.17, 15) is 8.42 Å². The lowest BCUT2D eigenvalue weighted by atomic mass is 9.59. The third kappa shape index (κ3) is 3.84. The van der Waals surface area contributed by atoms with Crippen molar-refractivity contribution in [2.45, 2.75) is 49.5 Å². The third-order valence-electron chi connectivity index (χ3n) is 6.73. The molecular weight excluding hydrogens is 348 g/mol. The van der Waals surface area contributed by atoms with Crippen molar-refractivity contribution in [3.05, 3.63) is 30.3 Å². The normalized spacial score (nSPS) is 27.3. The van der Waals surface area contributed by atoms with Gasteiger partial charge in [0.25, 0.3) is 0 Å². The summed E-state index contributed by atoms with van der Waals surface area (Å²) >= 11 is 0. The first-order chi connectivity index (χ1) is 12.6. The number of rotatable bonds is 5. The van der Waals surface area contributed by atoms with Gasteiger partial charge in [0.05, 0.1) is 4.90 Å². The third-order valence-corrected chi connectivity index (χ3v) is 8.22. The van der Waals surface area contributed by atoms with Crippen LogP contribution in [0.25, 0.3) is 0 Å². The SMILES string of the molecule is O=S(=O)(N[C@@H]1CCC12CCN(CC1CCOCC1)CC2)c1ccccc1. The average molecular weight is 379 g/mol. The van der Waals surface area contributed by atoms with Crippen LogP contribution >= 0.6 is 0 Å². The Balaban J connectivity index is 1.32. The highest BCUT2D eigenvalue weighted by Gasteiger charge is 2.49. The summed E-state index contributed by atoms with van der Waals surface area (Å²) in [5.41, 5.74) is 0.175. The zero-order valence-corrected chi connectivity index (χ0v) is 16.2. The molecule has 2 heterocycles. The van der Waals surface area contributed by atoms with Crippen LogP contribution in [-0.4, -0.2) is 52.2 Å². The van der Waals surface area contributed by atoms with Gasteiger partial charge in [0.2, 0.25) is 10.0 Å². The minimum atomic E-state index is -3.41. The van der Waals surface area contributed by atoms with E-state index in [0.29, 0.717) is 4.90 Å². The standard InChI is InChI=1S/C20H30N2O3S/c23-26(24,18-4-2-1-3-5-18)21-19-6-9-20(19)10-12-22(13-11-20)16-17-7-14-25-15-8-17/h1-5,17,19,21H,6-16H2/t19-/m1/s1. The molecule has 26 heavy (non-hydrogen) atoms. The van der Waals surface area contributed by atoms with E-state index in [1.807, 2.05) is 6.07 Å². The summed E-state index contributed by atoms with van der Waals surface area (Å²) in [4.78, 5) is 2.96. The second-order valence-electron chi connectivity index (χ2n) is 8.24. The van der Waals surface area contributed by atoms with E-state index in [4.69, 9.17) is 4.74 Å². The molecule has 0 bridgehead atoms. The average Bonchev–Trinajstić information content (AvgIpc) is 2.68. The first kappa shape index (κ1) is 18.4. The van der Waals surface area contributed by atoms with Gasteiger partial charge < -0.3 is 9.64 Å². The van der Waals surface area contributed by atoms with Crippen LogP contribution in [0.15, 0.2) is 35.2 Å². The van der Waals surface area contributed by atoms with Crippen molar-refractivity contribution in [3.8, 4) is 0 Å². The van der Waals surface area contributed by atoms with Gasteiger partial charge in [0.1, 0.15) is 0 Å². The molecule has 1 spiro atoms. The van der Waals surface area contributed by atoms with Crippen LogP contribution in [0, 0.1) is 11.3 Å². The summed E-state index contributed by atoms with van der Waals surface area (Å²) in [6.07, 6.45) is 6.70. The van der Waals surface area contributed by atoms with E-state index in [1.54, 1.807) is 24.3 Å². The van der Waals surface area contributed by atoms with Crippen molar-refractivity contribution in [1.29, 1.82) is 0 Å². The molecule has 0 amide bonds. The number of piperidine rings is 1. The van der Waals surface area contributed by atoms with Crippen molar-refractivity contribution in [2.75, 3.05) is 32.8 Å². The van der Waals surface area contributed by atoms with Crippen LogP contribution in [-0.2, 0) is 14.8 Å². The van der Waals surface area contributed by atoms with E-state index in [0.717, 1.165) is 57.9 Å². The summed E-state index contributed by atoms with van der Waals surface area (Å²) in [5, 5.41) is 0. The maximum absolute atomic E-state index is 12.7. The smallest absolute Gasteiger partial charge is 0.240 e. The molecule has 3 fully saturated rings. The lowest BCUT2D eigenvalue weighted by Gasteiger charge is -2.54. The Morgan fingerprint density at radius 1 is 1.04 bits per heavy atom. The Hall–Kier alpha value is -0.950. The summed E-state index contributed by atoms with van der Waals surface area (Å²) in [6, 6.07) is 8.84. The zero-order valence-electron chi connectivity index (χ0n) is 15.4. The van der Waals surface area contributed by atoms with Gasteiger partial charge in [-0.25, -0.2) is 13.1 Å². The molecule has 2 saturated heterocycles. The number of hydrogen-bond acceptors (Lipinski definition) is 4. The predicted molar refractivity (Wildman–Crippen MR) is 101 cm³/mol. The molecule has 0 radical (unpaired) electrons. The Bertz CT molecular complexity index is 693. The lowest BCUT2D eigenvalue weighted by molar-refractivity contribution is -0.0100. The number of hydrogen-bond donors (Lipinski definition) is 1. The van der Waals surface area contributed by atoms with Gasteiger partial charge in [-0.15, -0.1) is 0 Å². The topological polar surface area (TPSA) is 58.6 Å². The summed E-state index contributed by atoms with van der Waals surface area (Å²) in [5.74, 6) is 0.770. The molecule has 3 aliphatic rings. The van der Waals surface area contributed by atoms with Gasteiger partial charge in [-0.05, 0) is 75.1 Å². The van der Waals surface area contributed by atoms with Crippen LogP contribution in [0.1, 0.15) is 38.5 Å². The second kappa shape index (κ2) is 7.58. The Morgan fingerprint density at radius 2 is 1.73 bits per heavy atom. The maximum atomic E-state index is 12.7. The number of ether oxygens (including phenoxy) is 1. The molecule has 4 rings (SSSR count). The summed E-state index contributed by atoms with van der Waals surface area (Å²) < 4.78 is 33.8. The highest BCUT2D eigenvalue weighted by Crippen LogP contribution is 2.49. The van der Waals surface area contributed by atoms with Gasteiger partial charge in [-0.2, -0.15) is 0 Å². The fourth-order valence-corrected chi connectivity index (χ4v) is 6.20. The van der Waals surface area contributed by atoms with Crippen LogP contribution in [0.4, 0.5) is 0 Å². The van der Waals surface area contributed by atoms with Crippen LogP contribution in [0.3, 0.4) is 0 Å². The molecule has 0 aromatic heterocycles. The van der Waals surface area contributed by atoms with E-state index < -0.39 is 10.0 Å². The Morgan fingerprint density at radius 3 is 2.35 bits per heavy atom. The predicted octanol–water partition coefficient (Wildman–Crippen LogP) is 2.64. The molecule has 1 atom stereocenters. The fraction of sp³-hybridized carbons (Fsp3) is 0.700. The highest BCUT2D eigenvalue weighted by molar-refractivity contribution is 7.89. The Labute approximate surface area is 157 Å². The van der Waals surface area contributed by atoms with E-state index >= 15 is 0 Å². The lowest BCUT2D eigenvalue weighted by Crippen LogP contribution is -2.59. The minimum absolute atomic E-state index is 0.0953. The molecular formula is C20H30N2O3S. The first-order valence-corrected chi connectivity index (χ1v) is 11.4. The monoisotopic (exact) mass is 378 g/mol. The van der Waals surface area contributed by atoms with Crippen molar-refractivity contribution < 1.29 is 13.2 Å². The molecule has 1 aliphatic carbocycles. The zero-order chi connectivity index (χ0) is 18.0. The van der Waals surface area contributed by atoms with Crippen LogP contribution in [0.2, 0.25) is 0 Å². The Kier molecular flexibility index (Phi) is 5.37. The van der Waals surface area contributed by atoms with E-state index in [1.165, 1.54) is 19.4 Å². The van der Waals surface area contributed by atoms with Crippen molar-refractivity contribution in [3.63, 3.8) is 0 Å². The van der Waals surface area contributed by atoms with Gasteiger partial charge in [0.15, 0.2) is 0 Å². The molecule has 1 aromatic carbocycles. The van der Waals surface area contributed by atoms with Crippen molar-refractivity contribution in [2.24, 2.45) is 11.3 Å². The molecule has 144 valence electrons. The molecule has 2 aliphatic heterocycles. The van der Waals surface area contributed by atoms with Crippen LogP contribution < -0.4 is 4.72 Å². The number of nitrogens with zero attached hydrogens (tertiary/aromatic N) is 1. The molecule has 6 heteroatoms. The maximum Gasteiger partial charge on any atom is 0.240 e. The summed E-state index contributed by atoms with van der Waals surface area (Å²) in [6.45, 7) is 5.19. The molecule has 1 saturated carbocycles. The minimum Gasteiger partial charge on any atom is -0.381 e. The molecule has 0 unspecified atom stereocenters. The second-order valence-corrected chi connectivity index (χ2v) is 9.96. The largest absolute Gasteiger partial charge is 0.381 e. The van der Waals surface area contributed by atoms with E-state index in [-0.39, 0.29) is 11.5 Å². The molecule has 5 nitrogen and oxygen atoms in total. The number of likely N-dealkylation sites (tertiary alicyclic amines) is 1. The number of benzene rings is 1. The number of sulfonamides is 1. The van der Waals surface area contributed by atoms with Crippen molar-refractivity contribution in [1.82, 2.24) is 9.62 Å². The van der Waals surface area contributed by atoms with Gasteiger partial charge in [-0.3, -0.25) is 0 Å². The first-order valence-electron chi connectivity index (χ1n) is 9.95. The van der Waals surface area contributed by atoms with Crippen molar-refractivity contribution >= 4 is 10.0 Å². The number of nitrogens with one attached hydrogen (secondary N) is 1.